The molecule has 0 saturated carbocycles. The fraction of sp³-hybridized carbons (Fsp3) is 0.200. The minimum atomic E-state index is -1.16. The smallest absolute Gasteiger partial charge is 0.217 e. The van der Waals surface area contributed by atoms with E-state index in [-0.39, 0.29) is 0 Å². The van der Waals surface area contributed by atoms with E-state index in [1.165, 1.54) is 7.11 Å². The average molecular weight is 243 g/mol. The Hall–Kier alpha value is -1.84. The van der Waals surface area contributed by atoms with Crippen LogP contribution in [0.25, 0.3) is 0 Å². The fourth-order valence-corrected chi connectivity index (χ4v) is 1.63. The van der Waals surface area contributed by atoms with Gasteiger partial charge in [0.25, 0.3) is 0 Å². The van der Waals surface area contributed by atoms with Crippen molar-refractivity contribution in [2.45, 2.75) is 12.9 Å². The summed E-state index contributed by atoms with van der Waals surface area (Å²) in [6.45, 7) is 0.487. The van der Waals surface area contributed by atoms with Crippen LogP contribution in [0.5, 0.6) is 5.75 Å². The summed E-state index contributed by atoms with van der Waals surface area (Å²) >= 11 is 0. The minimum Gasteiger partial charge on any atom is -0.489 e. The molecule has 0 aliphatic rings. The molecule has 18 heavy (non-hydrogen) atoms. The van der Waals surface area contributed by atoms with E-state index in [1.54, 1.807) is 18.2 Å². The van der Waals surface area contributed by atoms with E-state index in [2.05, 4.69) is 0 Å². The van der Waals surface area contributed by atoms with Gasteiger partial charge in [-0.2, -0.15) is 5.11 Å². The number of hydrogen-bond donors (Lipinski definition) is 0. The quantitative estimate of drug-likeness (QED) is 0.755. The summed E-state index contributed by atoms with van der Waals surface area (Å²) in [7, 11) is 1.40. The van der Waals surface area contributed by atoms with E-state index < -0.39 is 6.29 Å². The Kier molecular flexibility index (Phi) is 4.34. The van der Waals surface area contributed by atoms with Crippen LogP contribution in [0.15, 0.2) is 54.6 Å². The van der Waals surface area contributed by atoms with E-state index in [9.17, 15) is 5.11 Å². The minimum absolute atomic E-state index is 0.487. The first-order valence-electron chi connectivity index (χ1n) is 5.75. The highest BCUT2D eigenvalue weighted by atomic mass is 16.6. The van der Waals surface area contributed by atoms with E-state index >= 15 is 0 Å². The molecular weight excluding hydrogens is 228 g/mol. The first-order valence-corrected chi connectivity index (χ1v) is 5.75. The zero-order valence-corrected chi connectivity index (χ0v) is 10.2. The molecule has 2 aromatic carbocycles. The molecule has 0 aromatic heterocycles. The summed E-state index contributed by atoms with van der Waals surface area (Å²) in [6, 6.07) is 17.0. The molecule has 0 spiro atoms. The van der Waals surface area contributed by atoms with Crippen LogP contribution in [0.3, 0.4) is 0 Å². The molecule has 0 heterocycles. The molecule has 0 bridgehead atoms. The lowest BCUT2D eigenvalue weighted by Crippen LogP contribution is -1.99. The highest BCUT2D eigenvalue weighted by Crippen LogP contribution is 2.20. The van der Waals surface area contributed by atoms with Crippen LogP contribution < -0.4 is 4.74 Å². The predicted molar refractivity (Wildman–Crippen MR) is 67.7 cm³/mol. The number of rotatable bonds is 5. The standard InChI is InChI=1S/C15H15O3/c1-17-15(16)13-8-5-9-14(10-13)18-11-12-6-3-2-4-7-12/h2-10,15H,11H2,1H3. The van der Waals surface area contributed by atoms with E-state index in [0.717, 1.165) is 5.56 Å². The lowest BCUT2D eigenvalue weighted by atomic mass is 10.2. The average Bonchev–Trinajstić information content (AvgIpc) is 2.45. The number of benzene rings is 2. The molecule has 0 fully saturated rings. The van der Waals surface area contributed by atoms with Gasteiger partial charge in [-0.3, -0.25) is 0 Å². The first kappa shape index (κ1) is 12.6. The monoisotopic (exact) mass is 243 g/mol. The number of hydrogen-bond acceptors (Lipinski definition) is 2. The SMILES string of the molecule is COC([O])c1cccc(OCc2ccccc2)c1. The summed E-state index contributed by atoms with van der Waals surface area (Å²) in [6.07, 6.45) is -1.16. The second kappa shape index (κ2) is 6.19. The predicted octanol–water partition coefficient (Wildman–Crippen LogP) is 3.34. The third kappa shape index (κ3) is 3.32. The van der Waals surface area contributed by atoms with Crippen molar-refractivity contribution in [2.75, 3.05) is 7.11 Å². The van der Waals surface area contributed by atoms with Crippen molar-refractivity contribution in [1.29, 1.82) is 0 Å². The van der Waals surface area contributed by atoms with Gasteiger partial charge in [0.1, 0.15) is 12.4 Å². The van der Waals surface area contributed by atoms with Crippen LogP contribution in [0.1, 0.15) is 17.4 Å². The maximum atomic E-state index is 11.4. The van der Waals surface area contributed by atoms with Gasteiger partial charge < -0.3 is 9.47 Å². The highest BCUT2D eigenvalue weighted by Gasteiger charge is 2.08. The third-order valence-electron chi connectivity index (χ3n) is 2.59. The Morgan fingerprint density at radius 1 is 1.06 bits per heavy atom. The maximum absolute atomic E-state index is 11.4. The highest BCUT2D eigenvalue weighted by molar-refractivity contribution is 5.29. The second-order valence-corrected chi connectivity index (χ2v) is 3.91. The molecule has 93 valence electrons. The summed E-state index contributed by atoms with van der Waals surface area (Å²) in [4.78, 5) is 0. The van der Waals surface area contributed by atoms with Gasteiger partial charge in [0.2, 0.25) is 6.29 Å². The third-order valence-corrected chi connectivity index (χ3v) is 2.59. The molecule has 0 aliphatic heterocycles. The van der Waals surface area contributed by atoms with Crippen LogP contribution in [0.4, 0.5) is 0 Å². The zero-order valence-electron chi connectivity index (χ0n) is 10.2. The van der Waals surface area contributed by atoms with Crippen molar-refractivity contribution in [3.63, 3.8) is 0 Å². The Morgan fingerprint density at radius 3 is 2.56 bits per heavy atom. The summed E-state index contributed by atoms with van der Waals surface area (Å²) in [5.41, 5.74) is 1.66. The second-order valence-electron chi connectivity index (χ2n) is 3.91. The summed E-state index contributed by atoms with van der Waals surface area (Å²) < 4.78 is 10.4. The van der Waals surface area contributed by atoms with Crippen LogP contribution >= 0.6 is 0 Å². The largest absolute Gasteiger partial charge is 0.489 e. The van der Waals surface area contributed by atoms with Gasteiger partial charge in [-0.25, -0.2) is 0 Å². The van der Waals surface area contributed by atoms with E-state index in [1.807, 2.05) is 36.4 Å². The Labute approximate surface area is 107 Å². The van der Waals surface area contributed by atoms with Crippen LogP contribution in [0.2, 0.25) is 0 Å². The molecular formula is C15H15O3. The van der Waals surface area contributed by atoms with Crippen molar-refractivity contribution in [2.24, 2.45) is 0 Å². The molecule has 0 saturated heterocycles. The van der Waals surface area contributed by atoms with Crippen LogP contribution in [-0.4, -0.2) is 7.11 Å². The Morgan fingerprint density at radius 2 is 1.83 bits per heavy atom. The molecule has 0 amide bonds. The van der Waals surface area contributed by atoms with Crippen molar-refractivity contribution >= 4 is 0 Å². The number of ether oxygens (including phenoxy) is 2. The molecule has 1 atom stereocenters. The summed E-state index contributed by atoms with van der Waals surface area (Å²) in [5, 5.41) is 11.4. The van der Waals surface area contributed by atoms with E-state index in [4.69, 9.17) is 9.47 Å². The van der Waals surface area contributed by atoms with Crippen molar-refractivity contribution in [1.82, 2.24) is 0 Å². The molecule has 1 unspecified atom stereocenters. The van der Waals surface area contributed by atoms with Crippen molar-refractivity contribution in [3.05, 3.63) is 65.7 Å². The topological polar surface area (TPSA) is 38.4 Å². The molecule has 1 radical (unpaired) electrons. The van der Waals surface area contributed by atoms with Gasteiger partial charge in [-0.1, -0.05) is 42.5 Å². The van der Waals surface area contributed by atoms with Crippen molar-refractivity contribution < 1.29 is 14.6 Å². The van der Waals surface area contributed by atoms with Gasteiger partial charge in [0.15, 0.2) is 0 Å². The van der Waals surface area contributed by atoms with Gasteiger partial charge in [0, 0.05) is 12.7 Å². The Bertz CT molecular complexity index is 482. The van der Waals surface area contributed by atoms with Gasteiger partial charge in [0.05, 0.1) is 0 Å². The lowest BCUT2D eigenvalue weighted by molar-refractivity contribution is -0.123. The molecule has 0 N–H and O–H groups in total. The normalized spacial score (nSPS) is 12.1. The first-order chi connectivity index (χ1) is 8.79. The molecule has 3 heteroatoms. The summed E-state index contributed by atoms with van der Waals surface area (Å²) in [5.74, 6) is 0.675. The zero-order chi connectivity index (χ0) is 12.8. The van der Waals surface area contributed by atoms with E-state index in [0.29, 0.717) is 17.9 Å². The lowest BCUT2D eigenvalue weighted by Gasteiger charge is -2.10. The van der Waals surface area contributed by atoms with Gasteiger partial charge >= 0.3 is 0 Å². The maximum Gasteiger partial charge on any atom is 0.217 e. The van der Waals surface area contributed by atoms with Gasteiger partial charge in [-0.15, -0.1) is 0 Å². The van der Waals surface area contributed by atoms with Crippen LogP contribution in [0, 0.1) is 0 Å². The molecule has 2 rings (SSSR count). The Balaban J connectivity index is 2.01. The molecule has 0 aliphatic carbocycles. The van der Waals surface area contributed by atoms with Gasteiger partial charge in [-0.05, 0) is 17.7 Å². The van der Waals surface area contributed by atoms with Crippen molar-refractivity contribution in [3.8, 4) is 5.75 Å². The number of methoxy groups -OCH3 is 1. The fourth-order valence-electron chi connectivity index (χ4n) is 1.63. The molecule has 2 aromatic rings. The molecule has 3 nitrogen and oxygen atoms in total. The van der Waals surface area contributed by atoms with Crippen LogP contribution in [-0.2, 0) is 16.5 Å².